The van der Waals surface area contributed by atoms with Crippen molar-refractivity contribution in [3.63, 3.8) is 0 Å². The van der Waals surface area contributed by atoms with Gasteiger partial charge >= 0.3 is 6.03 Å². The minimum absolute atomic E-state index is 0.132. The van der Waals surface area contributed by atoms with Gasteiger partial charge in [0.2, 0.25) is 0 Å². The van der Waals surface area contributed by atoms with Gasteiger partial charge in [-0.15, -0.1) is 0 Å². The molecule has 0 saturated carbocycles. The highest BCUT2D eigenvalue weighted by molar-refractivity contribution is 7.99. The van der Waals surface area contributed by atoms with Crippen molar-refractivity contribution < 1.29 is 13.4 Å². The predicted molar refractivity (Wildman–Crippen MR) is 83.4 cm³/mol. The number of carbonyl (C=O) groups is 1. The van der Waals surface area contributed by atoms with Crippen molar-refractivity contribution in [2.24, 2.45) is 0 Å². The Morgan fingerprint density at radius 3 is 2.80 bits per heavy atom. The number of hydrogen-bond acceptors (Lipinski definition) is 3. The number of benzene rings is 1. The van der Waals surface area contributed by atoms with E-state index >= 15 is 0 Å². The van der Waals surface area contributed by atoms with E-state index in [0.717, 1.165) is 17.9 Å². The monoisotopic (exact) mass is 318 g/mol. The Bertz CT molecular complexity index is 483. The third kappa shape index (κ3) is 5.92. The summed E-state index contributed by atoms with van der Waals surface area (Å²) in [7, 11) is -1.38. The number of carbonyl (C=O) groups excluding carboxylic acids is 1. The summed E-state index contributed by atoms with van der Waals surface area (Å²) < 4.78 is 24.8. The molecule has 1 atom stereocenters. The maximum Gasteiger partial charge on any atom is 0.319 e. The SMILES string of the molecule is CCSCCCNC(=O)Nc1ccc([S@](C)=O)c(F)c1. The molecule has 1 aromatic carbocycles. The molecule has 0 aliphatic heterocycles. The van der Waals surface area contributed by atoms with Gasteiger partial charge in [-0.25, -0.2) is 9.18 Å². The number of anilines is 1. The normalized spacial score (nSPS) is 11.9. The summed E-state index contributed by atoms with van der Waals surface area (Å²) in [4.78, 5) is 11.7. The van der Waals surface area contributed by atoms with Gasteiger partial charge in [0, 0.05) is 18.5 Å². The van der Waals surface area contributed by atoms with Crippen LogP contribution in [0.25, 0.3) is 0 Å². The topological polar surface area (TPSA) is 58.2 Å². The molecule has 0 unspecified atom stereocenters. The van der Waals surface area contributed by atoms with E-state index in [1.54, 1.807) is 0 Å². The first-order valence-electron chi connectivity index (χ1n) is 6.30. The number of hydrogen-bond donors (Lipinski definition) is 2. The van der Waals surface area contributed by atoms with E-state index in [2.05, 4.69) is 17.6 Å². The Kier molecular flexibility index (Phi) is 7.61. The molecule has 0 aliphatic rings. The van der Waals surface area contributed by atoms with Crippen LogP contribution in [0, 0.1) is 5.82 Å². The summed E-state index contributed by atoms with van der Waals surface area (Å²) in [6.45, 7) is 2.67. The molecule has 20 heavy (non-hydrogen) atoms. The Balaban J connectivity index is 2.42. The van der Waals surface area contributed by atoms with Crippen molar-refractivity contribution in [2.75, 3.05) is 29.6 Å². The van der Waals surface area contributed by atoms with Crippen molar-refractivity contribution in [3.05, 3.63) is 24.0 Å². The largest absolute Gasteiger partial charge is 0.338 e. The highest BCUT2D eigenvalue weighted by atomic mass is 32.2. The van der Waals surface area contributed by atoms with Gasteiger partial charge in [-0.1, -0.05) is 6.92 Å². The van der Waals surface area contributed by atoms with Crippen LogP contribution in [0.15, 0.2) is 23.1 Å². The van der Waals surface area contributed by atoms with E-state index in [4.69, 9.17) is 0 Å². The third-order valence-electron chi connectivity index (χ3n) is 2.45. The highest BCUT2D eigenvalue weighted by Gasteiger charge is 2.08. The Hall–Kier alpha value is -1.08. The lowest BCUT2D eigenvalue weighted by Crippen LogP contribution is -2.29. The smallest absolute Gasteiger partial charge is 0.319 e. The van der Waals surface area contributed by atoms with Gasteiger partial charge in [-0.3, -0.25) is 4.21 Å². The molecule has 4 nitrogen and oxygen atoms in total. The number of thioether (sulfide) groups is 1. The van der Waals surface area contributed by atoms with Crippen molar-refractivity contribution in [1.29, 1.82) is 0 Å². The highest BCUT2D eigenvalue weighted by Crippen LogP contribution is 2.16. The maximum absolute atomic E-state index is 13.6. The molecule has 0 aliphatic carbocycles. The van der Waals surface area contributed by atoms with Crippen LogP contribution in [0.2, 0.25) is 0 Å². The van der Waals surface area contributed by atoms with E-state index in [9.17, 15) is 13.4 Å². The third-order valence-corrected chi connectivity index (χ3v) is 4.39. The zero-order valence-corrected chi connectivity index (χ0v) is 13.2. The predicted octanol–water partition coefficient (Wildman–Crippen LogP) is 2.83. The van der Waals surface area contributed by atoms with Crippen LogP contribution in [0.5, 0.6) is 0 Å². The van der Waals surface area contributed by atoms with Crippen LogP contribution in [0.4, 0.5) is 14.9 Å². The molecular formula is C13H19FN2O2S2. The summed E-state index contributed by atoms with van der Waals surface area (Å²) in [5, 5.41) is 5.25. The number of rotatable bonds is 7. The zero-order chi connectivity index (χ0) is 15.0. The average molecular weight is 318 g/mol. The van der Waals surface area contributed by atoms with Crippen molar-refractivity contribution in [1.82, 2.24) is 5.32 Å². The Labute approximate surface area is 125 Å². The molecule has 1 rings (SSSR count). The molecular weight excluding hydrogens is 299 g/mol. The second-order valence-corrected chi connectivity index (χ2v) is 6.77. The molecule has 0 spiro atoms. The van der Waals surface area contributed by atoms with Crippen LogP contribution in [-0.2, 0) is 10.8 Å². The quantitative estimate of drug-likeness (QED) is 0.760. The first-order valence-corrected chi connectivity index (χ1v) is 9.01. The lowest BCUT2D eigenvalue weighted by atomic mass is 10.3. The fourth-order valence-electron chi connectivity index (χ4n) is 1.51. The van der Waals surface area contributed by atoms with Crippen LogP contribution >= 0.6 is 11.8 Å². The first-order chi connectivity index (χ1) is 9.54. The molecule has 2 N–H and O–H groups in total. The summed E-state index contributed by atoms with van der Waals surface area (Å²) in [5.74, 6) is 1.49. The number of amides is 2. The maximum atomic E-state index is 13.6. The lowest BCUT2D eigenvalue weighted by Gasteiger charge is -2.08. The van der Waals surface area contributed by atoms with Gasteiger partial charge in [0.15, 0.2) is 0 Å². The van der Waals surface area contributed by atoms with Crippen LogP contribution in [0.3, 0.4) is 0 Å². The summed E-state index contributed by atoms with van der Waals surface area (Å²) in [6.07, 6.45) is 2.31. The standard InChI is InChI=1S/C13H19FN2O2S2/c1-3-19-8-4-7-15-13(17)16-10-5-6-12(20(2)18)11(14)9-10/h5-6,9H,3-4,7-8H2,1-2H3,(H2,15,16,17)/t20-/m0/s1. The molecule has 7 heteroatoms. The minimum Gasteiger partial charge on any atom is -0.338 e. The van der Waals surface area contributed by atoms with Crippen LogP contribution in [-0.4, -0.2) is 34.5 Å². The number of urea groups is 1. The van der Waals surface area contributed by atoms with Gasteiger partial charge in [0.05, 0.1) is 15.7 Å². The van der Waals surface area contributed by atoms with E-state index in [0.29, 0.717) is 12.2 Å². The second kappa shape index (κ2) is 8.97. The van der Waals surface area contributed by atoms with E-state index in [1.807, 2.05) is 11.8 Å². The number of halogens is 1. The molecule has 0 fully saturated rings. The van der Waals surface area contributed by atoms with Gasteiger partial charge in [0.1, 0.15) is 5.82 Å². The first kappa shape index (κ1) is 17.0. The van der Waals surface area contributed by atoms with Gasteiger partial charge in [0.25, 0.3) is 0 Å². The van der Waals surface area contributed by atoms with E-state index in [-0.39, 0.29) is 10.9 Å². The Morgan fingerprint density at radius 1 is 1.45 bits per heavy atom. The Morgan fingerprint density at radius 2 is 2.20 bits per heavy atom. The van der Waals surface area contributed by atoms with Crippen molar-refractivity contribution in [2.45, 2.75) is 18.2 Å². The molecule has 0 radical (unpaired) electrons. The summed E-state index contributed by atoms with van der Waals surface area (Å²) in [6, 6.07) is 3.76. The lowest BCUT2D eigenvalue weighted by molar-refractivity contribution is 0.252. The van der Waals surface area contributed by atoms with Gasteiger partial charge in [-0.2, -0.15) is 11.8 Å². The summed E-state index contributed by atoms with van der Waals surface area (Å²) >= 11 is 1.82. The number of nitrogens with one attached hydrogen (secondary N) is 2. The van der Waals surface area contributed by atoms with Gasteiger partial charge < -0.3 is 10.6 Å². The van der Waals surface area contributed by atoms with Crippen molar-refractivity contribution in [3.8, 4) is 0 Å². The van der Waals surface area contributed by atoms with Crippen LogP contribution in [0.1, 0.15) is 13.3 Å². The molecule has 0 bridgehead atoms. The van der Waals surface area contributed by atoms with Crippen molar-refractivity contribution >= 4 is 34.3 Å². The molecule has 112 valence electrons. The molecule has 0 heterocycles. The molecule has 2 amide bonds. The zero-order valence-electron chi connectivity index (χ0n) is 11.6. The summed E-state index contributed by atoms with van der Waals surface area (Å²) in [5.41, 5.74) is 0.345. The molecule has 1 aromatic rings. The average Bonchev–Trinajstić information content (AvgIpc) is 2.38. The fraction of sp³-hybridized carbons (Fsp3) is 0.462. The molecule has 0 aromatic heterocycles. The van der Waals surface area contributed by atoms with E-state index in [1.165, 1.54) is 24.5 Å². The van der Waals surface area contributed by atoms with Crippen LogP contribution < -0.4 is 10.6 Å². The molecule has 0 saturated heterocycles. The minimum atomic E-state index is -1.38. The second-order valence-electron chi connectivity index (χ2n) is 4.03. The fourth-order valence-corrected chi connectivity index (χ4v) is 2.74. The van der Waals surface area contributed by atoms with E-state index < -0.39 is 16.6 Å². The van der Waals surface area contributed by atoms with Gasteiger partial charge in [-0.05, 0) is 36.1 Å².